The van der Waals surface area contributed by atoms with Crippen LogP contribution in [0, 0.1) is 6.92 Å². The second-order valence-corrected chi connectivity index (χ2v) is 8.02. The monoisotopic (exact) mass is 317 g/mol. The van der Waals surface area contributed by atoms with Crippen molar-refractivity contribution in [3.63, 3.8) is 0 Å². The van der Waals surface area contributed by atoms with Crippen LogP contribution < -0.4 is 10.5 Å². The molecular weight excluding hydrogens is 294 g/mol. The Morgan fingerprint density at radius 1 is 1.45 bits per heavy atom. The fourth-order valence-corrected chi connectivity index (χ4v) is 5.64. The van der Waals surface area contributed by atoms with Crippen LogP contribution in [0.4, 0.5) is 0 Å². The number of rotatable bonds is 6. The van der Waals surface area contributed by atoms with Crippen molar-refractivity contribution < 1.29 is 8.42 Å². The number of hydrogen-bond donors (Lipinski definition) is 2. The SMILES string of the molecule is Cc1csc(CN)c1S(=O)(=O)NC(C)CN1CCCC1. The first-order valence-electron chi connectivity index (χ1n) is 6.95. The zero-order chi connectivity index (χ0) is 14.8. The summed E-state index contributed by atoms with van der Waals surface area (Å²) in [6.07, 6.45) is 2.42. The van der Waals surface area contributed by atoms with Crippen LogP contribution in [0.1, 0.15) is 30.2 Å². The number of hydrogen-bond acceptors (Lipinski definition) is 5. The van der Waals surface area contributed by atoms with Crippen LogP contribution in [0.5, 0.6) is 0 Å². The number of nitrogens with zero attached hydrogens (tertiary/aromatic N) is 1. The van der Waals surface area contributed by atoms with Gasteiger partial charge in [-0.15, -0.1) is 11.3 Å². The van der Waals surface area contributed by atoms with Gasteiger partial charge in [-0.25, -0.2) is 13.1 Å². The van der Waals surface area contributed by atoms with Gasteiger partial charge in [0.1, 0.15) is 4.90 Å². The second kappa shape index (κ2) is 6.53. The second-order valence-electron chi connectivity index (χ2n) is 5.41. The minimum atomic E-state index is -3.48. The molecule has 0 aromatic carbocycles. The summed E-state index contributed by atoms with van der Waals surface area (Å²) in [4.78, 5) is 3.40. The Morgan fingerprint density at radius 2 is 2.10 bits per heavy atom. The summed E-state index contributed by atoms with van der Waals surface area (Å²) in [5, 5.41) is 1.85. The summed E-state index contributed by atoms with van der Waals surface area (Å²) < 4.78 is 27.8. The van der Waals surface area contributed by atoms with Crippen LogP contribution in [0.3, 0.4) is 0 Å². The third-order valence-corrected chi connectivity index (χ3v) is 6.60. The lowest BCUT2D eigenvalue weighted by Crippen LogP contribution is -2.41. The largest absolute Gasteiger partial charge is 0.326 e. The Labute approximate surface area is 125 Å². The molecule has 114 valence electrons. The molecule has 1 saturated heterocycles. The highest BCUT2D eigenvalue weighted by Crippen LogP contribution is 2.26. The highest BCUT2D eigenvalue weighted by Gasteiger charge is 2.25. The molecule has 1 atom stereocenters. The van der Waals surface area contributed by atoms with Gasteiger partial charge in [0.05, 0.1) is 0 Å². The maximum atomic E-state index is 12.5. The lowest BCUT2D eigenvalue weighted by Gasteiger charge is -2.21. The molecule has 1 aliphatic rings. The predicted octanol–water partition coefficient (Wildman–Crippen LogP) is 1.28. The molecule has 1 aromatic rings. The number of likely N-dealkylation sites (tertiary alicyclic amines) is 1. The topological polar surface area (TPSA) is 75.4 Å². The van der Waals surface area contributed by atoms with Crippen molar-refractivity contribution in [3.8, 4) is 0 Å². The molecule has 1 fully saturated rings. The summed E-state index contributed by atoms with van der Waals surface area (Å²) in [7, 11) is -3.48. The van der Waals surface area contributed by atoms with E-state index in [0.717, 1.165) is 30.1 Å². The number of nitrogens with one attached hydrogen (secondary N) is 1. The van der Waals surface area contributed by atoms with Gasteiger partial charge in [0.25, 0.3) is 0 Å². The molecule has 3 N–H and O–H groups in total. The maximum absolute atomic E-state index is 12.5. The number of nitrogens with two attached hydrogens (primary N) is 1. The van der Waals surface area contributed by atoms with Crippen LogP contribution in [0.25, 0.3) is 0 Å². The molecule has 2 heterocycles. The fraction of sp³-hybridized carbons (Fsp3) is 0.692. The first-order chi connectivity index (χ1) is 9.44. The zero-order valence-electron chi connectivity index (χ0n) is 12.1. The van der Waals surface area contributed by atoms with Crippen LogP contribution in [0.15, 0.2) is 10.3 Å². The first kappa shape index (κ1) is 15.9. The van der Waals surface area contributed by atoms with Crippen molar-refractivity contribution in [1.82, 2.24) is 9.62 Å². The Hall–Kier alpha value is -0.470. The average Bonchev–Trinajstić information content (AvgIpc) is 2.97. The molecule has 1 aromatic heterocycles. The van der Waals surface area contributed by atoms with E-state index in [1.165, 1.54) is 24.2 Å². The molecule has 0 aliphatic carbocycles. The highest BCUT2D eigenvalue weighted by atomic mass is 32.2. The summed E-state index contributed by atoms with van der Waals surface area (Å²) in [5.74, 6) is 0. The van der Waals surface area contributed by atoms with Gasteiger partial charge in [0.2, 0.25) is 10.0 Å². The van der Waals surface area contributed by atoms with Crippen LogP contribution in [-0.4, -0.2) is 39.0 Å². The molecule has 0 bridgehead atoms. The molecule has 1 aliphatic heterocycles. The minimum Gasteiger partial charge on any atom is -0.326 e. The summed E-state index contributed by atoms with van der Waals surface area (Å²) in [6.45, 7) is 6.89. The Balaban J connectivity index is 2.08. The Kier molecular flexibility index (Phi) is 5.19. The van der Waals surface area contributed by atoms with Crippen molar-refractivity contribution in [1.29, 1.82) is 0 Å². The van der Waals surface area contributed by atoms with Gasteiger partial charge in [-0.1, -0.05) is 0 Å². The van der Waals surface area contributed by atoms with E-state index in [-0.39, 0.29) is 12.6 Å². The molecule has 0 amide bonds. The van der Waals surface area contributed by atoms with Gasteiger partial charge in [-0.3, -0.25) is 0 Å². The highest BCUT2D eigenvalue weighted by molar-refractivity contribution is 7.89. The molecule has 0 saturated carbocycles. The Morgan fingerprint density at radius 3 is 2.70 bits per heavy atom. The zero-order valence-corrected chi connectivity index (χ0v) is 13.7. The van der Waals surface area contributed by atoms with Gasteiger partial charge >= 0.3 is 0 Å². The van der Waals surface area contributed by atoms with Gasteiger partial charge in [-0.2, -0.15) is 0 Å². The van der Waals surface area contributed by atoms with Crippen LogP contribution in [-0.2, 0) is 16.6 Å². The molecule has 0 radical (unpaired) electrons. The normalized spacial score (nSPS) is 18.6. The fourth-order valence-electron chi connectivity index (χ4n) is 2.70. The Bertz CT molecular complexity index is 548. The number of sulfonamides is 1. The third-order valence-electron chi connectivity index (χ3n) is 3.53. The van der Waals surface area contributed by atoms with E-state index >= 15 is 0 Å². The third kappa shape index (κ3) is 3.59. The van der Waals surface area contributed by atoms with E-state index in [2.05, 4.69) is 9.62 Å². The molecular formula is C13H23N3O2S2. The van der Waals surface area contributed by atoms with Crippen molar-refractivity contribution >= 4 is 21.4 Å². The van der Waals surface area contributed by atoms with E-state index in [9.17, 15) is 8.42 Å². The standard InChI is InChI=1S/C13H23N3O2S2/c1-10-9-19-12(7-14)13(10)20(17,18)15-11(2)8-16-5-3-4-6-16/h9,11,15H,3-8,14H2,1-2H3. The van der Waals surface area contributed by atoms with E-state index in [1.807, 2.05) is 19.2 Å². The lowest BCUT2D eigenvalue weighted by atomic mass is 10.3. The smallest absolute Gasteiger partial charge is 0.242 e. The van der Waals surface area contributed by atoms with E-state index in [1.54, 1.807) is 0 Å². The number of aryl methyl sites for hydroxylation is 1. The molecule has 0 spiro atoms. The first-order valence-corrected chi connectivity index (χ1v) is 9.32. The summed E-state index contributed by atoms with van der Waals surface area (Å²) in [5.41, 5.74) is 6.41. The molecule has 5 nitrogen and oxygen atoms in total. The van der Waals surface area contributed by atoms with E-state index in [4.69, 9.17) is 5.73 Å². The van der Waals surface area contributed by atoms with Gasteiger partial charge in [0, 0.05) is 24.0 Å². The lowest BCUT2D eigenvalue weighted by molar-refractivity contribution is 0.312. The maximum Gasteiger partial charge on any atom is 0.242 e. The van der Waals surface area contributed by atoms with Crippen molar-refractivity contribution in [3.05, 3.63) is 15.8 Å². The summed E-state index contributed by atoms with van der Waals surface area (Å²) in [6, 6.07) is -0.0944. The van der Waals surface area contributed by atoms with Crippen LogP contribution in [0.2, 0.25) is 0 Å². The number of thiophene rings is 1. The molecule has 7 heteroatoms. The minimum absolute atomic E-state index is 0.0944. The average molecular weight is 317 g/mol. The van der Waals surface area contributed by atoms with Gasteiger partial charge in [-0.05, 0) is 50.7 Å². The molecule has 20 heavy (non-hydrogen) atoms. The van der Waals surface area contributed by atoms with Crippen molar-refractivity contribution in [2.75, 3.05) is 19.6 Å². The van der Waals surface area contributed by atoms with E-state index in [0.29, 0.717) is 4.90 Å². The van der Waals surface area contributed by atoms with Crippen molar-refractivity contribution in [2.45, 2.75) is 44.2 Å². The molecule has 1 unspecified atom stereocenters. The quantitative estimate of drug-likeness (QED) is 0.829. The predicted molar refractivity (Wildman–Crippen MR) is 82.4 cm³/mol. The van der Waals surface area contributed by atoms with Crippen LogP contribution >= 0.6 is 11.3 Å². The van der Waals surface area contributed by atoms with Gasteiger partial charge in [0.15, 0.2) is 0 Å². The summed E-state index contributed by atoms with van der Waals surface area (Å²) >= 11 is 1.41. The van der Waals surface area contributed by atoms with Gasteiger partial charge < -0.3 is 10.6 Å². The molecule has 2 rings (SSSR count). The van der Waals surface area contributed by atoms with Crippen molar-refractivity contribution in [2.24, 2.45) is 5.73 Å². The van der Waals surface area contributed by atoms with E-state index < -0.39 is 10.0 Å².